The normalized spacial score (nSPS) is 10.8. The maximum Gasteiger partial charge on any atom is 0.338 e. The van der Waals surface area contributed by atoms with Gasteiger partial charge in [-0.05, 0) is 36.4 Å². The molecule has 0 unspecified atom stereocenters. The number of amides is 2. The predicted octanol–water partition coefficient (Wildman–Crippen LogP) is 8.87. The molecule has 39 heavy (non-hydrogen) atoms. The third kappa shape index (κ3) is 7.07. The highest BCUT2D eigenvalue weighted by Crippen LogP contribution is 2.42. The van der Waals surface area contributed by atoms with Gasteiger partial charge < -0.3 is 15.7 Å². The number of nitrogens with one attached hydrogen (secondary N) is 2. The number of carbonyl (C=O) groups is 3. The number of hydrogen-bond donors (Lipinski definition) is 3. The van der Waals surface area contributed by atoms with Crippen LogP contribution in [-0.2, 0) is 4.79 Å². The van der Waals surface area contributed by atoms with E-state index in [1.54, 1.807) is 24.3 Å². The molecular formula is C25H14BrCl4N3O4S2. The summed E-state index contributed by atoms with van der Waals surface area (Å²) in [5.41, 5.74) is 1.10. The Hall–Kier alpha value is -2.31. The number of benzene rings is 3. The molecule has 0 fully saturated rings. The quantitative estimate of drug-likeness (QED) is 0.0961. The second kappa shape index (κ2) is 12.9. The number of thiazole rings is 1. The molecule has 7 nitrogen and oxygen atoms in total. The molecule has 0 aliphatic rings. The van der Waals surface area contributed by atoms with E-state index in [0.29, 0.717) is 10.8 Å². The lowest BCUT2D eigenvalue weighted by atomic mass is 10.1. The Bertz CT molecular complexity index is 1580. The van der Waals surface area contributed by atoms with Crippen LogP contribution >= 0.6 is 85.4 Å². The van der Waals surface area contributed by atoms with Gasteiger partial charge in [0.15, 0.2) is 5.13 Å². The topological polar surface area (TPSA) is 108 Å². The fraction of sp³-hybridized carbons (Fsp3) is 0.0400. The van der Waals surface area contributed by atoms with Crippen LogP contribution in [0, 0.1) is 0 Å². The van der Waals surface area contributed by atoms with Gasteiger partial charge in [-0.15, -0.1) is 23.1 Å². The SMILES string of the molecule is O=C(CSc1ccc(NC(=O)c2c(Cl)c(Cl)c(Cl)c(Cl)c2C(=O)O)cc1)Nc1nc(-c2ccc(Br)cc2)cs1. The van der Waals surface area contributed by atoms with E-state index < -0.39 is 28.0 Å². The summed E-state index contributed by atoms with van der Waals surface area (Å²) in [6.45, 7) is 0. The molecule has 14 heteroatoms. The molecule has 0 saturated carbocycles. The summed E-state index contributed by atoms with van der Waals surface area (Å²) in [4.78, 5) is 42.2. The molecule has 0 spiro atoms. The molecule has 0 aliphatic carbocycles. The molecule has 2 amide bonds. The van der Waals surface area contributed by atoms with Gasteiger partial charge in [-0.2, -0.15) is 0 Å². The largest absolute Gasteiger partial charge is 0.478 e. The summed E-state index contributed by atoms with van der Waals surface area (Å²) in [5.74, 6) is -2.40. The number of carbonyl (C=O) groups excluding carboxylic acids is 2. The van der Waals surface area contributed by atoms with E-state index in [-0.39, 0.29) is 26.7 Å². The maximum absolute atomic E-state index is 12.9. The summed E-state index contributed by atoms with van der Waals surface area (Å²) in [6.07, 6.45) is 0. The Balaban J connectivity index is 1.36. The molecule has 0 atom stereocenters. The molecule has 0 bridgehead atoms. The number of nitrogens with zero attached hydrogens (tertiary/aromatic N) is 1. The zero-order valence-corrected chi connectivity index (χ0v) is 25.5. The number of aromatic nitrogens is 1. The highest BCUT2D eigenvalue weighted by Gasteiger charge is 2.29. The van der Waals surface area contributed by atoms with Crippen molar-refractivity contribution in [2.24, 2.45) is 0 Å². The molecule has 3 N–H and O–H groups in total. The van der Waals surface area contributed by atoms with Crippen molar-refractivity contribution in [1.82, 2.24) is 4.98 Å². The molecule has 0 aliphatic heterocycles. The molecular weight excluding hydrogens is 692 g/mol. The fourth-order valence-corrected chi connectivity index (χ4v) is 5.98. The smallest absolute Gasteiger partial charge is 0.338 e. The van der Waals surface area contributed by atoms with Gasteiger partial charge in [0.1, 0.15) is 0 Å². The van der Waals surface area contributed by atoms with E-state index in [2.05, 4.69) is 31.5 Å². The van der Waals surface area contributed by atoms with Crippen LogP contribution in [0.25, 0.3) is 11.3 Å². The van der Waals surface area contributed by atoms with Crippen molar-refractivity contribution in [1.29, 1.82) is 0 Å². The number of aromatic carboxylic acids is 1. The average molecular weight is 706 g/mol. The third-order valence-corrected chi connectivity index (χ3v) is 9.18. The van der Waals surface area contributed by atoms with Gasteiger partial charge >= 0.3 is 5.97 Å². The van der Waals surface area contributed by atoms with Gasteiger partial charge in [0.25, 0.3) is 5.91 Å². The van der Waals surface area contributed by atoms with E-state index in [1.807, 2.05) is 29.6 Å². The number of anilines is 2. The molecule has 4 aromatic rings. The Morgan fingerprint density at radius 2 is 1.49 bits per heavy atom. The first-order chi connectivity index (χ1) is 18.5. The standard InChI is InChI=1S/C25H14BrCl4N3O4S2/c26-12-3-1-11(2-4-12)15-9-39-25(32-15)33-16(34)10-38-14-7-5-13(6-8-14)31-23(35)17-18(24(36)37)20(28)22(30)21(29)19(17)27/h1-9H,10H2,(H,31,35)(H,36,37)(H,32,33,34). The predicted molar refractivity (Wildman–Crippen MR) is 162 cm³/mol. The van der Waals surface area contributed by atoms with Crippen molar-refractivity contribution in [3.05, 3.63) is 89.6 Å². The molecule has 4 rings (SSSR count). The number of thioether (sulfide) groups is 1. The van der Waals surface area contributed by atoms with Crippen LogP contribution in [0.4, 0.5) is 10.8 Å². The summed E-state index contributed by atoms with van der Waals surface area (Å²) in [6, 6.07) is 14.3. The van der Waals surface area contributed by atoms with Gasteiger partial charge in [-0.3, -0.25) is 9.59 Å². The fourth-order valence-electron chi connectivity index (χ4n) is 3.26. The van der Waals surface area contributed by atoms with Crippen LogP contribution < -0.4 is 10.6 Å². The Morgan fingerprint density at radius 3 is 2.10 bits per heavy atom. The van der Waals surface area contributed by atoms with Crippen LogP contribution in [0.15, 0.2) is 63.3 Å². The number of rotatable bonds is 8. The van der Waals surface area contributed by atoms with Crippen molar-refractivity contribution < 1.29 is 19.5 Å². The summed E-state index contributed by atoms with van der Waals surface area (Å²) >= 11 is 30.1. The van der Waals surface area contributed by atoms with E-state index in [4.69, 9.17) is 46.4 Å². The molecule has 200 valence electrons. The lowest BCUT2D eigenvalue weighted by molar-refractivity contribution is -0.113. The minimum atomic E-state index is -1.49. The van der Waals surface area contributed by atoms with Crippen molar-refractivity contribution in [2.45, 2.75) is 4.90 Å². The van der Waals surface area contributed by atoms with Crippen LogP contribution in [0.5, 0.6) is 0 Å². The third-order valence-electron chi connectivity index (χ3n) is 5.08. The zero-order valence-electron chi connectivity index (χ0n) is 19.2. The van der Waals surface area contributed by atoms with Crippen molar-refractivity contribution >= 4 is 114 Å². The van der Waals surface area contributed by atoms with Gasteiger partial charge in [-0.25, -0.2) is 9.78 Å². The van der Waals surface area contributed by atoms with E-state index in [0.717, 1.165) is 20.6 Å². The van der Waals surface area contributed by atoms with Crippen LogP contribution in [0.3, 0.4) is 0 Å². The lowest BCUT2D eigenvalue weighted by Gasteiger charge is -2.14. The van der Waals surface area contributed by atoms with Gasteiger partial charge in [0, 0.05) is 26.0 Å². The zero-order chi connectivity index (χ0) is 28.3. The number of carboxylic acids is 1. The molecule has 1 aromatic heterocycles. The van der Waals surface area contributed by atoms with Crippen molar-refractivity contribution in [3.8, 4) is 11.3 Å². The second-order valence-corrected chi connectivity index (χ2v) is 12.0. The first-order valence-electron chi connectivity index (χ1n) is 10.7. The van der Waals surface area contributed by atoms with E-state index in [9.17, 15) is 19.5 Å². The highest BCUT2D eigenvalue weighted by molar-refractivity contribution is 9.10. The lowest BCUT2D eigenvalue weighted by Crippen LogP contribution is -2.18. The molecule has 0 radical (unpaired) electrons. The van der Waals surface area contributed by atoms with E-state index in [1.165, 1.54) is 23.1 Å². The van der Waals surface area contributed by atoms with Crippen molar-refractivity contribution in [3.63, 3.8) is 0 Å². The monoisotopic (exact) mass is 703 g/mol. The second-order valence-electron chi connectivity index (χ2n) is 7.67. The van der Waals surface area contributed by atoms with Crippen LogP contribution in [0.1, 0.15) is 20.7 Å². The first kappa shape index (κ1) is 29.7. The molecule has 0 saturated heterocycles. The van der Waals surface area contributed by atoms with Gasteiger partial charge in [-0.1, -0.05) is 74.5 Å². The Morgan fingerprint density at radius 1 is 0.872 bits per heavy atom. The highest BCUT2D eigenvalue weighted by atomic mass is 79.9. The van der Waals surface area contributed by atoms with Crippen molar-refractivity contribution in [2.75, 3.05) is 16.4 Å². The van der Waals surface area contributed by atoms with Gasteiger partial charge in [0.05, 0.1) is 42.7 Å². The molecule has 1 heterocycles. The maximum atomic E-state index is 12.9. The average Bonchev–Trinajstić information content (AvgIpc) is 3.37. The van der Waals surface area contributed by atoms with E-state index >= 15 is 0 Å². The number of carboxylic acid groups (broad SMARTS) is 1. The van der Waals surface area contributed by atoms with Crippen LogP contribution in [0.2, 0.25) is 20.1 Å². The minimum Gasteiger partial charge on any atom is -0.478 e. The van der Waals surface area contributed by atoms with Crippen LogP contribution in [-0.4, -0.2) is 33.6 Å². The first-order valence-corrected chi connectivity index (χ1v) is 14.9. The number of halogens is 5. The Kier molecular flexibility index (Phi) is 9.82. The summed E-state index contributed by atoms with van der Waals surface area (Å²) in [5, 5.41) is 16.0. The number of hydrogen-bond acceptors (Lipinski definition) is 6. The summed E-state index contributed by atoms with van der Waals surface area (Å²) < 4.78 is 0.968. The minimum absolute atomic E-state index is 0.137. The molecule has 3 aromatic carbocycles. The Labute approximate surface area is 259 Å². The van der Waals surface area contributed by atoms with Gasteiger partial charge in [0.2, 0.25) is 5.91 Å². The summed E-state index contributed by atoms with van der Waals surface area (Å²) in [7, 11) is 0.